The lowest BCUT2D eigenvalue weighted by atomic mass is 9.83. The van der Waals surface area contributed by atoms with Crippen molar-refractivity contribution in [2.24, 2.45) is 0 Å². The second kappa shape index (κ2) is 9.43. The number of anilines is 2. The van der Waals surface area contributed by atoms with Gasteiger partial charge in [0, 0.05) is 13.6 Å². The predicted molar refractivity (Wildman–Crippen MR) is 119 cm³/mol. The maximum absolute atomic E-state index is 12.6. The number of hydrogen-bond donors (Lipinski definition) is 3. The molecule has 0 bridgehead atoms. The Bertz CT molecular complexity index is 1130. The van der Waals surface area contributed by atoms with Gasteiger partial charge < -0.3 is 15.4 Å². The number of hydroxylamine groups is 1. The molecule has 0 radical (unpaired) electrons. The number of Topliss-reactive ketones (excluding diaryl/α,β-unsaturated/α-hetero) is 2. The zero-order chi connectivity index (χ0) is 23.6. The molecule has 0 saturated heterocycles. The van der Waals surface area contributed by atoms with E-state index in [1.54, 1.807) is 5.01 Å². The van der Waals surface area contributed by atoms with Crippen LogP contribution in [0, 0.1) is 0 Å². The minimum Gasteiger partial charge on any atom is -0.504 e. The third-order valence-electron chi connectivity index (χ3n) is 5.07. The highest BCUT2D eigenvalue weighted by molar-refractivity contribution is 7.89. The summed E-state index contributed by atoms with van der Waals surface area (Å²) >= 11 is 6.02. The summed E-state index contributed by atoms with van der Waals surface area (Å²) in [7, 11) is -2.00. The van der Waals surface area contributed by atoms with Gasteiger partial charge in [-0.2, -0.15) is 0 Å². The fourth-order valence-corrected chi connectivity index (χ4v) is 4.79. The zero-order valence-corrected chi connectivity index (χ0v) is 19.1. The molecule has 2 aromatic rings. The number of rotatable bonds is 9. The molecule has 0 spiro atoms. The predicted octanol–water partition coefficient (Wildman–Crippen LogP) is 1.56. The van der Waals surface area contributed by atoms with Gasteiger partial charge in [0.1, 0.15) is 17.0 Å². The number of carbonyl (C=O) groups is 2. The van der Waals surface area contributed by atoms with E-state index >= 15 is 0 Å². The second-order valence-corrected chi connectivity index (χ2v) is 9.19. The van der Waals surface area contributed by atoms with Gasteiger partial charge in [0.15, 0.2) is 5.75 Å². The second-order valence-electron chi connectivity index (χ2n) is 6.91. The molecular formula is C20H23ClN4O6S. The highest BCUT2D eigenvalue weighted by atomic mass is 35.5. The Hall–Kier alpha value is -2.70. The molecule has 1 saturated carbocycles. The smallest absolute Gasteiger partial charge is 0.269 e. The molecule has 1 aliphatic rings. The van der Waals surface area contributed by atoms with Crippen molar-refractivity contribution >= 4 is 44.6 Å². The minimum absolute atomic E-state index is 0.0714. The number of para-hydroxylation sites is 1. The highest BCUT2D eigenvalue weighted by Crippen LogP contribution is 2.39. The molecule has 0 aromatic heterocycles. The first-order chi connectivity index (χ1) is 15.1. The van der Waals surface area contributed by atoms with Crippen molar-refractivity contribution in [1.29, 1.82) is 0 Å². The summed E-state index contributed by atoms with van der Waals surface area (Å²) in [4.78, 5) is 28.7. The Morgan fingerprint density at radius 2 is 1.72 bits per heavy atom. The number of aromatic hydroxyl groups is 1. The molecule has 3 N–H and O–H groups in total. The van der Waals surface area contributed by atoms with Gasteiger partial charge in [0.05, 0.1) is 23.5 Å². The van der Waals surface area contributed by atoms with E-state index < -0.39 is 44.3 Å². The average Bonchev–Trinajstić information content (AvgIpc) is 2.79. The Labute approximate surface area is 190 Å². The maximum Gasteiger partial charge on any atom is 0.269 e. The standard InChI is InChI=1S/C20H23ClN4O6S/c1-4-25(12-8-6-5-7-9-12)23-16-15(18(27)19(16)28)22-14-11-10-13(21)20(17(14)26)32(29,30)24(2)31-3/h5-11,15-16,22-23,26H,4H2,1-3H3. The summed E-state index contributed by atoms with van der Waals surface area (Å²) in [5.74, 6) is -2.01. The van der Waals surface area contributed by atoms with Crippen LogP contribution in [-0.2, 0) is 24.4 Å². The van der Waals surface area contributed by atoms with E-state index in [4.69, 9.17) is 16.4 Å². The minimum atomic E-state index is -4.28. The third-order valence-corrected chi connectivity index (χ3v) is 7.25. The Kier molecular flexibility index (Phi) is 7.06. The van der Waals surface area contributed by atoms with Crippen molar-refractivity contribution in [3.8, 4) is 5.75 Å². The van der Waals surface area contributed by atoms with Gasteiger partial charge >= 0.3 is 0 Å². The highest BCUT2D eigenvalue weighted by Gasteiger charge is 2.50. The van der Waals surface area contributed by atoms with Crippen molar-refractivity contribution in [2.75, 3.05) is 31.0 Å². The van der Waals surface area contributed by atoms with E-state index in [0.29, 0.717) is 11.0 Å². The van der Waals surface area contributed by atoms with E-state index in [9.17, 15) is 23.1 Å². The van der Waals surface area contributed by atoms with Crippen LogP contribution in [0.15, 0.2) is 47.4 Å². The topological polar surface area (TPSA) is 128 Å². The van der Waals surface area contributed by atoms with Gasteiger partial charge in [-0.05, 0) is 31.2 Å². The Morgan fingerprint density at radius 3 is 2.31 bits per heavy atom. The van der Waals surface area contributed by atoms with Crippen LogP contribution >= 0.6 is 11.6 Å². The lowest BCUT2D eigenvalue weighted by molar-refractivity contribution is -0.145. The summed E-state index contributed by atoms with van der Waals surface area (Å²) in [6.45, 7) is 2.38. The number of nitrogens with zero attached hydrogens (tertiary/aromatic N) is 2. The molecule has 172 valence electrons. The summed E-state index contributed by atoms with van der Waals surface area (Å²) in [5.41, 5.74) is 3.75. The number of phenolic OH excluding ortho intramolecular Hbond substituents is 1. The number of nitrogens with one attached hydrogen (secondary N) is 2. The first-order valence-electron chi connectivity index (χ1n) is 9.61. The Morgan fingerprint density at radius 1 is 1.09 bits per heavy atom. The normalized spacial score (nSPS) is 18.5. The van der Waals surface area contributed by atoms with E-state index in [1.807, 2.05) is 37.3 Å². The molecule has 1 aliphatic carbocycles. The molecule has 0 heterocycles. The number of hydrazine groups is 1. The largest absolute Gasteiger partial charge is 0.504 e. The molecule has 12 heteroatoms. The van der Waals surface area contributed by atoms with Crippen molar-refractivity contribution in [3.05, 3.63) is 47.5 Å². The molecule has 32 heavy (non-hydrogen) atoms. The summed E-state index contributed by atoms with van der Waals surface area (Å²) in [6.07, 6.45) is 0. The number of carbonyl (C=O) groups excluding carboxylic acids is 2. The van der Waals surface area contributed by atoms with Crippen LogP contribution in [0.1, 0.15) is 6.92 Å². The van der Waals surface area contributed by atoms with Crippen molar-refractivity contribution in [3.63, 3.8) is 0 Å². The SMILES string of the molecule is CCN(NC1C(=O)C(=O)C1Nc1ccc(Cl)c(S(=O)(=O)N(C)OC)c1O)c1ccccc1. The molecule has 3 rings (SSSR count). The van der Waals surface area contributed by atoms with Crippen molar-refractivity contribution < 1.29 is 28.0 Å². The summed E-state index contributed by atoms with van der Waals surface area (Å²) in [5, 5.41) is 14.9. The van der Waals surface area contributed by atoms with E-state index in [0.717, 1.165) is 19.8 Å². The van der Waals surface area contributed by atoms with Crippen LogP contribution in [0.3, 0.4) is 0 Å². The van der Waals surface area contributed by atoms with Crippen LogP contribution in [0.4, 0.5) is 11.4 Å². The maximum atomic E-state index is 12.6. The first kappa shape index (κ1) is 24.0. The van der Waals surface area contributed by atoms with Gasteiger partial charge in [0.2, 0.25) is 11.6 Å². The number of hydrogen-bond acceptors (Lipinski definition) is 9. The van der Waals surface area contributed by atoms with Gasteiger partial charge in [-0.3, -0.25) is 14.4 Å². The monoisotopic (exact) mass is 482 g/mol. The van der Waals surface area contributed by atoms with Gasteiger partial charge in [-0.25, -0.2) is 13.8 Å². The number of ketones is 2. The van der Waals surface area contributed by atoms with Crippen LogP contribution < -0.4 is 15.8 Å². The van der Waals surface area contributed by atoms with E-state index in [2.05, 4.69) is 10.7 Å². The van der Waals surface area contributed by atoms with Crippen LogP contribution in [0.25, 0.3) is 0 Å². The third kappa shape index (κ3) is 4.30. The number of phenols is 1. The van der Waals surface area contributed by atoms with Gasteiger partial charge in [0.25, 0.3) is 10.0 Å². The van der Waals surface area contributed by atoms with E-state index in [1.165, 1.54) is 12.1 Å². The lowest BCUT2D eigenvalue weighted by Gasteiger charge is -2.39. The van der Waals surface area contributed by atoms with Gasteiger partial charge in [-0.1, -0.05) is 34.3 Å². The van der Waals surface area contributed by atoms with Crippen LogP contribution in [-0.4, -0.2) is 62.3 Å². The number of halogens is 1. The fourth-order valence-electron chi connectivity index (χ4n) is 3.22. The summed E-state index contributed by atoms with van der Waals surface area (Å²) < 4.78 is 25.8. The number of sulfonamides is 1. The molecule has 2 aromatic carbocycles. The molecule has 0 amide bonds. The van der Waals surface area contributed by atoms with Crippen molar-refractivity contribution in [2.45, 2.75) is 23.9 Å². The molecule has 2 atom stereocenters. The first-order valence-corrected chi connectivity index (χ1v) is 11.4. The van der Waals surface area contributed by atoms with Crippen LogP contribution in [0.2, 0.25) is 5.02 Å². The van der Waals surface area contributed by atoms with Crippen LogP contribution in [0.5, 0.6) is 5.75 Å². The molecular weight excluding hydrogens is 460 g/mol. The average molecular weight is 483 g/mol. The van der Waals surface area contributed by atoms with Crippen molar-refractivity contribution in [1.82, 2.24) is 9.89 Å². The zero-order valence-electron chi connectivity index (χ0n) is 17.6. The van der Waals surface area contributed by atoms with Gasteiger partial charge in [-0.15, -0.1) is 0 Å². The molecule has 0 aliphatic heterocycles. The molecule has 2 unspecified atom stereocenters. The Balaban J connectivity index is 1.88. The molecule has 1 fully saturated rings. The quantitative estimate of drug-likeness (QED) is 0.277. The molecule has 10 nitrogen and oxygen atoms in total. The fraction of sp³-hybridized carbons (Fsp3) is 0.300. The van der Waals surface area contributed by atoms with E-state index in [-0.39, 0.29) is 10.7 Å². The summed E-state index contributed by atoms with van der Waals surface area (Å²) in [6, 6.07) is 9.87. The number of benzene rings is 2. The lowest BCUT2D eigenvalue weighted by Crippen LogP contribution is -2.70.